The Bertz CT molecular complexity index is 440. The zero-order valence-corrected chi connectivity index (χ0v) is 12.5. The molecule has 0 aromatic rings. The van der Waals surface area contributed by atoms with Crippen molar-refractivity contribution in [3.05, 3.63) is 0 Å². The van der Waals surface area contributed by atoms with Gasteiger partial charge in [-0.2, -0.15) is 0 Å². The molecule has 2 rings (SSSR count). The predicted octanol–water partition coefficient (Wildman–Crippen LogP) is 1.58. The second-order valence-corrected chi connectivity index (χ2v) is 7.91. The van der Waals surface area contributed by atoms with Gasteiger partial charge in [-0.15, -0.1) is 0 Å². The third-order valence-corrected chi connectivity index (χ3v) is 6.59. The second-order valence-electron chi connectivity index (χ2n) is 6.01. The van der Waals surface area contributed by atoms with Crippen LogP contribution in [-0.4, -0.2) is 32.3 Å². The molecular weight excluding hydrogens is 266 g/mol. The van der Waals surface area contributed by atoms with Crippen LogP contribution < -0.4 is 4.72 Å². The molecule has 2 unspecified atom stereocenters. The zero-order valence-electron chi connectivity index (χ0n) is 11.6. The largest absolute Gasteiger partial charge is 0.469 e. The van der Waals surface area contributed by atoms with Gasteiger partial charge < -0.3 is 4.74 Å². The van der Waals surface area contributed by atoms with E-state index in [-0.39, 0.29) is 5.54 Å². The van der Waals surface area contributed by atoms with E-state index in [9.17, 15) is 13.2 Å². The molecule has 2 atom stereocenters. The van der Waals surface area contributed by atoms with Gasteiger partial charge in [-0.3, -0.25) is 4.79 Å². The Kier molecular flexibility index (Phi) is 4.20. The Labute approximate surface area is 115 Å². The summed E-state index contributed by atoms with van der Waals surface area (Å²) in [4.78, 5) is 11.7. The minimum atomic E-state index is -3.46. The minimum Gasteiger partial charge on any atom is -0.469 e. The summed E-state index contributed by atoms with van der Waals surface area (Å²) in [5.74, 6) is -0.906. The first-order valence-electron chi connectivity index (χ1n) is 6.99. The van der Waals surface area contributed by atoms with E-state index in [4.69, 9.17) is 4.74 Å². The van der Waals surface area contributed by atoms with E-state index >= 15 is 0 Å². The number of hydrogen-bond acceptors (Lipinski definition) is 4. The van der Waals surface area contributed by atoms with Gasteiger partial charge in [-0.25, -0.2) is 13.1 Å². The molecule has 0 bridgehead atoms. The summed E-state index contributed by atoms with van der Waals surface area (Å²) in [7, 11) is -2.14. The van der Waals surface area contributed by atoms with Crippen LogP contribution in [-0.2, 0) is 19.6 Å². The molecule has 110 valence electrons. The van der Waals surface area contributed by atoms with Crippen LogP contribution in [0.25, 0.3) is 0 Å². The highest BCUT2D eigenvalue weighted by Gasteiger charge is 2.45. The van der Waals surface area contributed by atoms with Gasteiger partial charge in [0.1, 0.15) is 0 Å². The van der Waals surface area contributed by atoms with Crippen molar-refractivity contribution in [1.82, 2.24) is 4.72 Å². The fourth-order valence-corrected chi connectivity index (χ4v) is 5.59. The lowest BCUT2D eigenvalue weighted by Gasteiger charge is -2.28. The summed E-state index contributed by atoms with van der Waals surface area (Å²) >= 11 is 0. The van der Waals surface area contributed by atoms with Gasteiger partial charge in [-0.1, -0.05) is 19.3 Å². The number of ether oxygens (including phenoxy) is 1. The quantitative estimate of drug-likeness (QED) is 0.798. The van der Waals surface area contributed by atoms with Gasteiger partial charge in [0.25, 0.3) is 0 Å². The van der Waals surface area contributed by atoms with Gasteiger partial charge in [0.15, 0.2) is 0 Å². The van der Waals surface area contributed by atoms with Crippen LogP contribution in [0.2, 0.25) is 0 Å². The van der Waals surface area contributed by atoms with Crippen molar-refractivity contribution in [3.63, 3.8) is 0 Å². The maximum absolute atomic E-state index is 12.5. The van der Waals surface area contributed by atoms with Gasteiger partial charge in [0.2, 0.25) is 10.0 Å². The molecule has 6 heteroatoms. The van der Waals surface area contributed by atoms with Crippen molar-refractivity contribution in [2.24, 2.45) is 5.92 Å². The Hall–Kier alpha value is -0.620. The zero-order chi connectivity index (χ0) is 14.1. The lowest BCUT2D eigenvalue weighted by Crippen LogP contribution is -2.49. The summed E-state index contributed by atoms with van der Waals surface area (Å²) in [6.07, 6.45) is 5.79. The molecule has 0 spiro atoms. The Morgan fingerprint density at radius 1 is 1.21 bits per heavy atom. The SMILES string of the molecule is COC(=O)C1CCCC1S(=O)(=O)NC1(C)CCCC1. The lowest BCUT2D eigenvalue weighted by molar-refractivity contribution is -0.145. The van der Waals surface area contributed by atoms with Crippen LogP contribution in [0.1, 0.15) is 51.9 Å². The van der Waals surface area contributed by atoms with Crippen LogP contribution >= 0.6 is 0 Å². The van der Waals surface area contributed by atoms with Crippen molar-refractivity contribution in [1.29, 1.82) is 0 Å². The molecule has 0 saturated heterocycles. The van der Waals surface area contributed by atoms with Crippen LogP contribution in [0.5, 0.6) is 0 Å². The smallest absolute Gasteiger partial charge is 0.310 e. The third kappa shape index (κ3) is 3.11. The van der Waals surface area contributed by atoms with Crippen molar-refractivity contribution in [2.75, 3.05) is 7.11 Å². The average molecular weight is 289 g/mol. The molecule has 0 amide bonds. The number of hydrogen-bond donors (Lipinski definition) is 1. The van der Waals surface area contributed by atoms with Crippen LogP contribution in [0.3, 0.4) is 0 Å². The van der Waals surface area contributed by atoms with Crippen LogP contribution in [0, 0.1) is 5.92 Å². The van der Waals surface area contributed by atoms with Crippen LogP contribution in [0.4, 0.5) is 0 Å². The van der Waals surface area contributed by atoms with E-state index in [2.05, 4.69) is 4.72 Å². The number of esters is 1. The van der Waals surface area contributed by atoms with Crippen molar-refractivity contribution >= 4 is 16.0 Å². The Morgan fingerprint density at radius 2 is 1.84 bits per heavy atom. The fraction of sp³-hybridized carbons (Fsp3) is 0.923. The van der Waals surface area contributed by atoms with Gasteiger partial charge in [0, 0.05) is 5.54 Å². The molecule has 2 aliphatic carbocycles. The van der Waals surface area contributed by atoms with E-state index in [0.29, 0.717) is 12.8 Å². The number of nitrogens with one attached hydrogen (secondary N) is 1. The predicted molar refractivity (Wildman–Crippen MR) is 72.1 cm³/mol. The average Bonchev–Trinajstić information content (AvgIpc) is 2.96. The molecular formula is C13H23NO4S. The van der Waals surface area contributed by atoms with Crippen LogP contribution in [0.15, 0.2) is 0 Å². The molecule has 19 heavy (non-hydrogen) atoms. The molecule has 5 nitrogen and oxygen atoms in total. The molecule has 2 saturated carbocycles. The monoisotopic (exact) mass is 289 g/mol. The maximum atomic E-state index is 12.5. The lowest BCUT2D eigenvalue weighted by atomic mass is 10.0. The maximum Gasteiger partial charge on any atom is 0.310 e. The number of rotatable bonds is 4. The van der Waals surface area contributed by atoms with E-state index in [1.165, 1.54) is 7.11 Å². The molecule has 0 aromatic heterocycles. The minimum absolute atomic E-state index is 0.331. The molecule has 0 aliphatic heterocycles. The molecule has 1 N–H and O–H groups in total. The first kappa shape index (κ1) is 14.8. The van der Waals surface area contributed by atoms with Crippen molar-refractivity contribution in [2.45, 2.75) is 62.7 Å². The number of methoxy groups -OCH3 is 1. The van der Waals surface area contributed by atoms with E-state index in [1.807, 2.05) is 6.92 Å². The standard InChI is InChI=1S/C13H23NO4S/c1-13(8-3-4-9-13)14-19(16,17)11-7-5-6-10(11)12(15)18-2/h10-11,14H,3-9H2,1-2H3. The fourth-order valence-electron chi connectivity index (χ4n) is 3.39. The number of carbonyl (C=O) groups excluding carboxylic acids is 1. The molecule has 0 aromatic carbocycles. The first-order chi connectivity index (χ1) is 8.88. The highest BCUT2D eigenvalue weighted by atomic mass is 32.2. The molecule has 2 fully saturated rings. The Morgan fingerprint density at radius 3 is 2.42 bits per heavy atom. The summed E-state index contributed by atoms with van der Waals surface area (Å²) in [6.45, 7) is 1.96. The topological polar surface area (TPSA) is 72.5 Å². The normalized spacial score (nSPS) is 30.4. The van der Waals surface area contributed by atoms with Gasteiger partial charge in [-0.05, 0) is 32.6 Å². The highest BCUT2D eigenvalue weighted by molar-refractivity contribution is 7.90. The first-order valence-corrected chi connectivity index (χ1v) is 8.53. The summed E-state index contributed by atoms with van der Waals surface area (Å²) < 4.78 is 32.6. The Balaban J connectivity index is 2.12. The van der Waals surface area contributed by atoms with E-state index in [0.717, 1.165) is 32.1 Å². The number of carbonyl (C=O) groups is 1. The molecule has 0 radical (unpaired) electrons. The summed E-state index contributed by atoms with van der Waals surface area (Å²) in [5, 5.41) is -0.627. The molecule has 0 heterocycles. The van der Waals surface area contributed by atoms with Crippen molar-refractivity contribution in [3.8, 4) is 0 Å². The third-order valence-electron chi connectivity index (χ3n) is 4.45. The van der Waals surface area contributed by atoms with Gasteiger partial charge >= 0.3 is 5.97 Å². The van der Waals surface area contributed by atoms with Gasteiger partial charge in [0.05, 0.1) is 18.3 Å². The van der Waals surface area contributed by atoms with E-state index in [1.54, 1.807) is 0 Å². The van der Waals surface area contributed by atoms with E-state index < -0.39 is 27.2 Å². The van der Waals surface area contributed by atoms with Crippen molar-refractivity contribution < 1.29 is 17.9 Å². The molecule has 2 aliphatic rings. The highest BCUT2D eigenvalue weighted by Crippen LogP contribution is 2.35. The summed E-state index contributed by atoms with van der Waals surface area (Å²) in [5.41, 5.74) is -0.331. The summed E-state index contributed by atoms with van der Waals surface area (Å²) in [6, 6.07) is 0. The second kappa shape index (κ2) is 5.40. The number of sulfonamides is 1.